The van der Waals surface area contributed by atoms with Crippen LogP contribution in [-0.4, -0.2) is 19.5 Å². The highest BCUT2D eigenvalue weighted by Gasteiger charge is 2.18. The molecule has 7 aromatic rings. The van der Waals surface area contributed by atoms with E-state index in [1.54, 1.807) is 13.8 Å². The van der Waals surface area contributed by atoms with Crippen LogP contribution in [0.2, 0.25) is 0 Å². The van der Waals surface area contributed by atoms with Crippen molar-refractivity contribution in [2.24, 2.45) is 0 Å². The summed E-state index contributed by atoms with van der Waals surface area (Å²) in [5.41, 5.74) is 8.38. The summed E-state index contributed by atoms with van der Waals surface area (Å²) in [6.45, 7) is 3.61. The van der Waals surface area contributed by atoms with Crippen molar-refractivity contribution in [1.29, 1.82) is 15.8 Å². The van der Waals surface area contributed by atoms with Crippen molar-refractivity contribution in [2.45, 2.75) is 13.8 Å². The molecule has 2 aromatic heterocycles. The summed E-state index contributed by atoms with van der Waals surface area (Å²) in [7, 11) is 0. The molecular weight excluding hydrogens is 554 g/mol. The number of aryl methyl sites for hydroxylation is 2. The number of fused-ring (bicyclic) bond motifs is 3. The Bertz CT molecular complexity index is 2310. The highest BCUT2D eigenvalue weighted by molar-refractivity contribution is 6.11. The number of aromatic nitrogens is 4. The summed E-state index contributed by atoms with van der Waals surface area (Å²) in [6, 6.07) is 40.2. The highest BCUT2D eigenvalue weighted by atomic mass is 15.0. The number of nitrogens with zero attached hydrogens (tertiary/aromatic N) is 7. The van der Waals surface area contributed by atoms with Gasteiger partial charge in [-0.05, 0) is 78.6 Å². The normalized spacial score (nSPS) is 10.8. The van der Waals surface area contributed by atoms with Crippen molar-refractivity contribution in [1.82, 2.24) is 19.5 Å². The van der Waals surface area contributed by atoms with Gasteiger partial charge in [0.25, 0.3) is 0 Å². The van der Waals surface area contributed by atoms with Gasteiger partial charge in [0.1, 0.15) is 11.6 Å². The van der Waals surface area contributed by atoms with Gasteiger partial charge in [-0.15, -0.1) is 0 Å². The lowest BCUT2D eigenvalue weighted by molar-refractivity contribution is 0.928. The second kappa shape index (κ2) is 10.9. The van der Waals surface area contributed by atoms with E-state index in [-0.39, 0.29) is 0 Å². The zero-order valence-corrected chi connectivity index (χ0v) is 24.4. The van der Waals surface area contributed by atoms with Crippen molar-refractivity contribution in [3.8, 4) is 57.5 Å². The Morgan fingerprint density at radius 2 is 1.02 bits per heavy atom. The fourth-order valence-electron chi connectivity index (χ4n) is 5.99. The second-order valence-electron chi connectivity index (χ2n) is 10.7. The molecule has 45 heavy (non-hydrogen) atoms. The maximum absolute atomic E-state index is 10.3. The maximum atomic E-state index is 10.3. The van der Waals surface area contributed by atoms with Gasteiger partial charge >= 0.3 is 0 Å². The van der Waals surface area contributed by atoms with Gasteiger partial charge in [-0.2, -0.15) is 15.8 Å². The second-order valence-corrected chi connectivity index (χ2v) is 10.7. The molecule has 0 aliphatic carbocycles. The smallest absolute Gasteiger partial charge is 0.164 e. The van der Waals surface area contributed by atoms with Gasteiger partial charge < -0.3 is 4.57 Å². The van der Waals surface area contributed by atoms with Gasteiger partial charge in [0.05, 0.1) is 45.9 Å². The van der Waals surface area contributed by atoms with Crippen molar-refractivity contribution < 1.29 is 0 Å². The molecule has 210 valence electrons. The molecule has 7 nitrogen and oxygen atoms in total. The SMILES string of the molecule is Cc1nc(C)nc(-c2ccc(-n3c4cc(-c5ccccc5C#N)ccc4c4ccc(-c5ccccc5C#N)cc43)cc2C#N)n1. The third kappa shape index (κ3) is 4.64. The predicted molar refractivity (Wildman–Crippen MR) is 174 cm³/mol. The van der Waals surface area contributed by atoms with Crippen LogP contribution < -0.4 is 0 Å². The van der Waals surface area contributed by atoms with E-state index in [2.05, 4.69) is 62.0 Å². The van der Waals surface area contributed by atoms with E-state index in [1.165, 1.54) is 0 Å². The van der Waals surface area contributed by atoms with E-state index in [1.807, 2.05) is 78.9 Å². The Labute approximate surface area is 259 Å². The van der Waals surface area contributed by atoms with E-state index < -0.39 is 0 Å². The van der Waals surface area contributed by atoms with Crippen LogP contribution >= 0.6 is 0 Å². The number of rotatable bonds is 4. The Hall–Kier alpha value is -6.62. The molecule has 0 amide bonds. The lowest BCUT2D eigenvalue weighted by Gasteiger charge is -2.13. The van der Waals surface area contributed by atoms with E-state index in [9.17, 15) is 15.8 Å². The summed E-state index contributed by atoms with van der Waals surface area (Å²) < 4.78 is 2.14. The first-order valence-electron chi connectivity index (χ1n) is 14.3. The summed E-state index contributed by atoms with van der Waals surface area (Å²) in [6.07, 6.45) is 0. The summed E-state index contributed by atoms with van der Waals surface area (Å²) in [5, 5.41) is 31.9. The molecule has 0 saturated heterocycles. The molecule has 0 spiro atoms. The Morgan fingerprint density at radius 1 is 0.511 bits per heavy atom. The average molecular weight is 578 g/mol. The zero-order chi connectivity index (χ0) is 31.1. The minimum atomic E-state index is 0.435. The van der Waals surface area contributed by atoms with Gasteiger partial charge in [0.15, 0.2) is 5.82 Å². The molecule has 7 rings (SSSR count). The molecule has 0 unspecified atom stereocenters. The zero-order valence-electron chi connectivity index (χ0n) is 24.4. The Kier molecular flexibility index (Phi) is 6.59. The molecule has 2 heterocycles. The molecule has 5 aromatic carbocycles. The van der Waals surface area contributed by atoms with Crippen LogP contribution in [0.3, 0.4) is 0 Å². The van der Waals surface area contributed by atoms with E-state index in [0.29, 0.717) is 39.7 Å². The van der Waals surface area contributed by atoms with Crippen LogP contribution in [0, 0.1) is 47.8 Å². The first kappa shape index (κ1) is 27.2. The molecule has 0 saturated carbocycles. The predicted octanol–water partition coefficient (Wildman–Crippen LogP) is 8.20. The maximum Gasteiger partial charge on any atom is 0.164 e. The Balaban J connectivity index is 1.53. The van der Waals surface area contributed by atoms with E-state index >= 15 is 0 Å². The number of benzene rings is 5. The van der Waals surface area contributed by atoms with Gasteiger partial charge in [-0.25, -0.2) is 15.0 Å². The molecule has 0 aliphatic rings. The molecule has 0 atom stereocenters. The topological polar surface area (TPSA) is 115 Å². The van der Waals surface area contributed by atoms with Crippen LogP contribution in [-0.2, 0) is 0 Å². The van der Waals surface area contributed by atoms with Crippen molar-refractivity contribution in [3.05, 3.63) is 131 Å². The monoisotopic (exact) mass is 577 g/mol. The first-order chi connectivity index (χ1) is 22.0. The van der Waals surface area contributed by atoms with Crippen LogP contribution in [0.1, 0.15) is 28.3 Å². The summed E-state index contributed by atoms with van der Waals surface area (Å²) in [4.78, 5) is 13.3. The lowest BCUT2D eigenvalue weighted by Crippen LogP contribution is -2.01. The van der Waals surface area contributed by atoms with E-state index in [0.717, 1.165) is 49.7 Å². The molecule has 0 fully saturated rings. The highest BCUT2D eigenvalue weighted by Crippen LogP contribution is 2.38. The van der Waals surface area contributed by atoms with Crippen molar-refractivity contribution >= 4 is 21.8 Å². The molecule has 0 N–H and O–H groups in total. The molecule has 0 aliphatic heterocycles. The minimum absolute atomic E-state index is 0.435. The van der Waals surface area contributed by atoms with Crippen LogP contribution in [0.15, 0.2) is 103 Å². The van der Waals surface area contributed by atoms with Crippen molar-refractivity contribution in [3.63, 3.8) is 0 Å². The largest absolute Gasteiger partial charge is 0.309 e. The van der Waals surface area contributed by atoms with Crippen LogP contribution in [0.5, 0.6) is 0 Å². The average Bonchev–Trinajstić information content (AvgIpc) is 3.40. The summed E-state index contributed by atoms with van der Waals surface area (Å²) in [5.74, 6) is 1.63. The molecule has 0 radical (unpaired) electrons. The van der Waals surface area contributed by atoms with Gasteiger partial charge in [0.2, 0.25) is 0 Å². The number of hydrogen-bond acceptors (Lipinski definition) is 6. The lowest BCUT2D eigenvalue weighted by atomic mass is 9.98. The van der Waals surface area contributed by atoms with Crippen LogP contribution in [0.4, 0.5) is 0 Å². The standard InChI is InChI=1S/C38H23N7/c1-23-42-24(2)44-38(43-23)33-16-13-30(17-29(33)22-41)45-36-18-25(31-9-5-3-7-27(31)20-39)11-14-34(36)35-15-12-26(19-37(35)45)32-10-6-4-8-28(32)21-40/h3-19H,1-2H3. The fourth-order valence-corrected chi connectivity index (χ4v) is 5.99. The number of hydrogen-bond donors (Lipinski definition) is 0. The molecular formula is C38H23N7. The van der Waals surface area contributed by atoms with Gasteiger partial charge in [-0.3, -0.25) is 0 Å². The fraction of sp³-hybridized carbons (Fsp3) is 0.0526. The van der Waals surface area contributed by atoms with Crippen LogP contribution in [0.25, 0.3) is 61.1 Å². The quantitative estimate of drug-likeness (QED) is 0.208. The first-order valence-corrected chi connectivity index (χ1v) is 14.3. The van der Waals surface area contributed by atoms with Gasteiger partial charge in [-0.1, -0.05) is 60.7 Å². The Morgan fingerprint density at radius 3 is 1.53 bits per heavy atom. The third-order valence-electron chi connectivity index (χ3n) is 7.97. The third-order valence-corrected chi connectivity index (χ3v) is 7.97. The molecule has 7 heteroatoms. The summed E-state index contributed by atoms with van der Waals surface area (Å²) >= 11 is 0. The van der Waals surface area contributed by atoms with Gasteiger partial charge in [0, 0.05) is 22.0 Å². The molecule has 0 bridgehead atoms. The number of nitriles is 3. The minimum Gasteiger partial charge on any atom is -0.309 e. The van der Waals surface area contributed by atoms with E-state index in [4.69, 9.17) is 0 Å². The van der Waals surface area contributed by atoms with Crippen molar-refractivity contribution in [2.75, 3.05) is 0 Å².